The Morgan fingerprint density at radius 3 is 2.42 bits per heavy atom. The van der Waals surface area contributed by atoms with Crippen LogP contribution in [-0.4, -0.2) is 20.3 Å². The smallest absolute Gasteiger partial charge is 0.118 e. The first-order chi connectivity index (χ1) is 9.24. The SMILES string of the molecule is COc1ccc(C2(c3ccc(C)o3)CCOC2)cc1. The largest absolute Gasteiger partial charge is 0.497 e. The zero-order valence-corrected chi connectivity index (χ0v) is 11.3. The van der Waals surface area contributed by atoms with Gasteiger partial charge in [-0.1, -0.05) is 12.1 Å². The van der Waals surface area contributed by atoms with Crippen LogP contribution in [0.3, 0.4) is 0 Å². The predicted octanol–water partition coefficient (Wildman–Crippen LogP) is 3.30. The fourth-order valence-electron chi connectivity index (χ4n) is 2.73. The molecule has 3 nitrogen and oxygen atoms in total. The highest BCUT2D eigenvalue weighted by atomic mass is 16.5. The quantitative estimate of drug-likeness (QED) is 0.846. The van der Waals surface area contributed by atoms with Gasteiger partial charge in [-0.2, -0.15) is 0 Å². The standard InChI is InChI=1S/C16H18O3/c1-12-3-8-15(19-12)16(9-10-18-11-16)13-4-6-14(17-2)7-5-13/h3-8H,9-11H2,1-2H3. The summed E-state index contributed by atoms with van der Waals surface area (Å²) in [6, 6.07) is 12.3. The van der Waals surface area contributed by atoms with Gasteiger partial charge in [0.2, 0.25) is 0 Å². The van der Waals surface area contributed by atoms with Gasteiger partial charge in [0, 0.05) is 6.61 Å². The molecular formula is C16H18O3. The second-order valence-corrected chi connectivity index (χ2v) is 5.02. The number of aryl methyl sites for hydroxylation is 1. The van der Waals surface area contributed by atoms with Crippen LogP contribution in [0, 0.1) is 6.92 Å². The third kappa shape index (κ3) is 2.04. The zero-order chi connectivity index (χ0) is 13.3. The predicted molar refractivity (Wildman–Crippen MR) is 72.7 cm³/mol. The molecule has 1 atom stereocenters. The lowest BCUT2D eigenvalue weighted by molar-refractivity contribution is 0.179. The molecule has 3 rings (SSSR count). The Morgan fingerprint density at radius 2 is 1.89 bits per heavy atom. The topological polar surface area (TPSA) is 31.6 Å². The van der Waals surface area contributed by atoms with Crippen molar-refractivity contribution in [1.29, 1.82) is 0 Å². The van der Waals surface area contributed by atoms with Crippen molar-refractivity contribution in [3.63, 3.8) is 0 Å². The van der Waals surface area contributed by atoms with Gasteiger partial charge >= 0.3 is 0 Å². The molecule has 3 heteroatoms. The van der Waals surface area contributed by atoms with E-state index in [0.29, 0.717) is 6.61 Å². The van der Waals surface area contributed by atoms with Gasteiger partial charge in [0.15, 0.2) is 0 Å². The van der Waals surface area contributed by atoms with Crippen molar-refractivity contribution in [3.8, 4) is 5.75 Å². The number of hydrogen-bond donors (Lipinski definition) is 0. The summed E-state index contributed by atoms with van der Waals surface area (Å²) in [6.07, 6.45) is 0.951. The van der Waals surface area contributed by atoms with Crippen LogP contribution in [0.2, 0.25) is 0 Å². The monoisotopic (exact) mass is 258 g/mol. The Kier molecular flexibility index (Phi) is 3.07. The highest BCUT2D eigenvalue weighted by Crippen LogP contribution is 2.40. The fourth-order valence-corrected chi connectivity index (χ4v) is 2.73. The van der Waals surface area contributed by atoms with E-state index in [1.54, 1.807) is 7.11 Å². The molecule has 100 valence electrons. The third-order valence-electron chi connectivity index (χ3n) is 3.88. The Bertz CT molecular complexity index is 548. The minimum Gasteiger partial charge on any atom is -0.497 e. The van der Waals surface area contributed by atoms with E-state index >= 15 is 0 Å². The first kappa shape index (κ1) is 12.3. The lowest BCUT2D eigenvalue weighted by Gasteiger charge is -2.25. The van der Waals surface area contributed by atoms with Gasteiger partial charge in [0.25, 0.3) is 0 Å². The molecule has 0 radical (unpaired) electrons. The van der Waals surface area contributed by atoms with Crippen LogP contribution in [0.4, 0.5) is 0 Å². The molecule has 1 aliphatic heterocycles. The molecule has 0 bridgehead atoms. The van der Waals surface area contributed by atoms with Crippen LogP contribution in [-0.2, 0) is 10.2 Å². The summed E-state index contributed by atoms with van der Waals surface area (Å²) < 4.78 is 16.7. The molecule has 1 unspecified atom stereocenters. The highest BCUT2D eigenvalue weighted by Gasteiger charge is 2.41. The van der Waals surface area contributed by atoms with E-state index < -0.39 is 0 Å². The van der Waals surface area contributed by atoms with E-state index in [9.17, 15) is 0 Å². The average molecular weight is 258 g/mol. The van der Waals surface area contributed by atoms with Crippen molar-refractivity contribution in [2.75, 3.05) is 20.3 Å². The van der Waals surface area contributed by atoms with Crippen LogP contribution in [0.5, 0.6) is 5.75 Å². The summed E-state index contributed by atoms with van der Waals surface area (Å²) in [7, 11) is 1.68. The molecule has 0 amide bonds. The van der Waals surface area contributed by atoms with Crippen molar-refractivity contribution >= 4 is 0 Å². The van der Waals surface area contributed by atoms with E-state index in [4.69, 9.17) is 13.9 Å². The van der Waals surface area contributed by atoms with Gasteiger partial charge in [-0.3, -0.25) is 0 Å². The van der Waals surface area contributed by atoms with E-state index in [0.717, 1.165) is 30.3 Å². The second kappa shape index (κ2) is 4.74. The van der Waals surface area contributed by atoms with Gasteiger partial charge in [0.05, 0.1) is 19.1 Å². The number of methoxy groups -OCH3 is 1. The maximum absolute atomic E-state index is 5.87. The summed E-state index contributed by atoms with van der Waals surface area (Å²) in [5.74, 6) is 2.80. The van der Waals surface area contributed by atoms with Crippen LogP contribution >= 0.6 is 0 Å². The summed E-state index contributed by atoms with van der Waals surface area (Å²) in [5, 5.41) is 0. The summed E-state index contributed by atoms with van der Waals surface area (Å²) >= 11 is 0. The second-order valence-electron chi connectivity index (χ2n) is 5.02. The first-order valence-corrected chi connectivity index (χ1v) is 6.54. The molecular weight excluding hydrogens is 240 g/mol. The number of benzene rings is 1. The molecule has 19 heavy (non-hydrogen) atoms. The van der Waals surface area contributed by atoms with E-state index in [1.165, 1.54) is 5.56 Å². The van der Waals surface area contributed by atoms with Gasteiger partial charge < -0.3 is 13.9 Å². The highest BCUT2D eigenvalue weighted by molar-refractivity contribution is 5.39. The minimum atomic E-state index is -0.152. The number of hydrogen-bond acceptors (Lipinski definition) is 3. The van der Waals surface area contributed by atoms with Crippen molar-refractivity contribution in [2.45, 2.75) is 18.8 Å². The van der Waals surface area contributed by atoms with Crippen molar-refractivity contribution in [1.82, 2.24) is 0 Å². The molecule has 1 aliphatic rings. The third-order valence-corrected chi connectivity index (χ3v) is 3.88. The summed E-state index contributed by atoms with van der Waals surface area (Å²) in [5.41, 5.74) is 1.07. The number of rotatable bonds is 3. The van der Waals surface area contributed by atoms with Gasteiger partial charge in [0.1, 0.15) is 17.3 Å². The zero-order valence-electron chi connectivity index (χ0n) is 11.3. The van der Waals surface area contributed by atoms with Crippen molar-refractivity contribution in [2.24, 2.45) is 0 Å². The molecule has 0 N–H and O–H groups in total. The number of furan rings is 1. The van der Waals surface area contributed by atoms with Crippen LogP contribution in [0.1, 0.15) is 23.5 Å². The molecule has 1 fully saturated rings. The normalized spacial score (nSPS) is 22.6. The molecule has 0 aliphatic carbocycles. The van der Waals surface area contributed by atoms with E-state index in [2.05, 4.69) is 18.2 Å². The Labute approximate surface area is 113 Å². The van der Waals surface area contributed by atoms with Gasteiger partial charge in [-0.05, 0) is 43.2 Å². The van der Waals surface area contributed by atoms with Crippen molar-refractivity contribution < 1.29 is 13.9 Å². The molecule has 1 aromatic heterocycles. The lowest BCUT2D eigenvalue weighted by Crippen LogP contribution is -2.27. The summed E-state index contributed by atoms with van der Waals surface area (Å²) in [6.45, 7) is 3.42. The van der Waals surface area contributed by atoms with Crippen molar-refractivity contribution in [3.05, 3.63) is 53.5 Å². The average Bonchev–Trinajstić information content (AvgIpc) is 3.08. The van der Waals surface area contributed by atoms with Crippen LogP contribution < -0.4 is 4.74 Å². The maximum atomic E-state index is 5.87. The summed E-state index contributed by atoms with van der Waals surface area (Å²) in [4.78, 5) is 0. The first-order valence-electron chi connectivity index (χ1n) is 6.54. The molecule has 2 aromatic rings. The molecule has 0 spiro atoms. The van der Waals surface area contributed by atoms with Gasteiger partial charge in [-0.15, -0.1) is 0 Å². The molecule has 1 saturated heterocycles. The lowest BCUT2D eigenvalue weighted by atomic mass is 9.77. The number of ether oxygens (including phenoxy) is 2. The Morgan fingerprint density at radius 1 is 1.11 bits per heavy atom. The van der Waals surface area contributed by atoms with Gasteiger partial charge in [-0.25, -0.2) is 0 Å². The van der Waals surface area contributed by atoms with E-state index in [-0.39, 0.29) is 5.41 Å². The van der Waals surface area contributed by atoms with E-state index in [1.807, 2.05) is 25.1 Å². The Hall–Kier alpha value is -1.74. The molecule has 0 saturated carbocycles. The van der Waals surface area contributed by atoms with Crippen LogP contribution in [0.25, 0.3) is 0 Å². The Balaban J connectivity index is 2.04. The minimum absolute atomic E-state index is 0.152. The molecule has 1 aromatic carbocycles. The van der Waals surface area contributed by atoms with Crippen LogP contribution in [0.15, 0.2) is 40.8 Å². The maximum Gasteiger partial charge on any atom is 0.118 e. The fraction of sp³-hybridized carbons (Fsp3) is 0.375. The molecule has 2 heterocycles.